The highest BCUT2D eigenvalue weighted by molar-refractivity contribution is 6.99. The molecule has 0 saturated carbocycles. The number of aliphatic hydroxyl groups is 1. The van der Waals surface area contributed by atoms with Crippen LogP contribution in [0.4, 0.5) is 0 Å². The fourth-order valence-corrected chi connectivity index (χ4v) is 9.71. The van der Waals surface area contributed by atoms with Gasteiger partial charge >= 0.3 is 0 Å². The van der Waals surface area contributed by atoms with Crippen molar-refractivity contribution in [3.8, 4) is 0 Å². The predicted molar refractivity (Wildman–Crippen MR) is 141 cm³/mol. The average molecular weight is 453 g/mol. The van der Waals surface area contributed by atoms with E-state index in [2.05, 4.69) is 115 Å². The van der Waals surface area contributed by atoms with Crippen LogP contribution >= 0.6 is 0 Å². The SMILES string of the molecule is C/C(=C/[C@H](C)CO)C[C@H](C)C[C@H](C)CO[Si](c1ccccc1)(c1ccccc1)C(C)(C)C. The van der Waals surface area contributed by atoms with E-state index in [0.29, 0.717) is 11.8 Å². The molecule has 0 aliphatic carbocycles. The molecule has 0 unspecified atom stereocenters. The number of rotatable bonds is 11. The Labute approximate surface area is 197 Å². The van der Waals surface area contributed by atoms with Crippen molar-refractivity contribution in [1.29, 1.82) is 0 Å². The van der Waals surface area contributed by atoms with Crippen molar-refractivity contribution >= 4 is 18.7 Å². The van der Waals surface area contributed by atoms with Crippen molar-refractivity contribution < 1.29 is 9.53 Å². The van der Waals surface area contributed by atoms with E-state index in [-0.39, 0.29) is 17.6 Å². The Bertz CT molecular complexity index is 784. The molecule has 0 heterocycles. The van der Waals surface area contributed by atoms with E-state index in [4.69, 9.17) is 4.43 Å². The summed E-state index contributed by atoms with van der Waals surface area (Å²) in [6, 6.07) is 21.8. The van der Waals surface area contributed by atoms with Crippen molar-refractivity contribution in [3.63, 3.8) is 0 Å². The Morgan fingerprint density at radius 3 is 1.84 bits per heavy atom. The molecular formula is C29H44O2Si. The van der Waals surface area contributed by atoms with Gasteiger partial charge in [-0.2, -0.15) is 0 Å². The van der Waals surface area contributed by atoms with Gasteiger partial charge in [0, 0.05) is 13.2 Å². The minimum atomic E-state index is -2.46. The lowest BCUT2D eigenvalue weighted by molar-refractivity contribution is 0.222. The maximum Gasteiger partial charge on any atom is 0.261 e. The van der Waals surface area contributed by atoms with Gasteiger partial charge in [0.2, 0.25) is 0 Å². The third-order valence-electron chi connectivity index (χ3n) is 6.33. The summed E-state index contributed by atoms with van der Waals surface area (Å²) in [5.41, 5.74) is 1.37. The van der Waals surface area contributed by atoms with Crippen molar-refractivity contribution in [2.45, 2.75) is 66.3 Å². The van der Waals surface area contributed by atoms with E-state index in [1.54, 1.807) is 0 Å². The molecule has 2 aromatic carbocycles. The molecule has 2 rings (SSSR count). The van der Waals surface area contributed by atoms with Crippen LogP contribution in [-0.4, -0.2) is 26.6 Å². The summed E-state index contributed by atoms with van der Waals surface area (Å²) in [4.78, 5) is 0. The quantitative estimate of drug-likeness (QED) is 0.325. The van der Waals surface area contributed by atoms with Crippen LogP contribution < -0.4 is 10.4 Å². The summed E-state index contributed by atoms with van der Waals surface area (Å²) in [6.45, 7) is 16.9. The average Bonchev–Trinajstić information content (AvgIpc) is 2.74. The fraction of sp³-hybridized carbons (Fsp3) is 0.517. The van der Waals surface area contributed by atoms with Crippen molar-refractivity contribution in [2.24, 2.45) is 17.8 Å². The molecule has 0 amide bonds. The predicted octanol–water partition coefficient (Wildman–Crippen LogP) is 6.19. The molecule has 176 valence electrons. The third kappa shape index (κ3) is 6.91. The van der Waals surface area contributed by atoms with Gasteiger partial charge < -0.3 is 9.53 Å². The first-order valence-corrected chi connectivity index (χ1v) is 14.0. The second kappa shape index (κ2) is 12.0. The normalized spacial score (nSPS) is 15.9. The van der Waals surface area contributed by atoms with Crippen LogP contribution in [0.2, 0.25) is 5.04 Å². The molecule has 0 aromatic heterocycles. The van der Waals surface area contributed by atoms with E-state index in [1.807, 2.05) is 0 Å². The molecule has 0 fully saturated rings. The van der Waals surface area contributed by atoms with Crippen LogP contribution in [0.15, 0.2) is 72.3 Å². The molecule has 0 spiro atoms. The molecule has 0 radical (unpaired) electrons. The fourth-order valence-electron chi connectivity index (χ4n) is 5.02. The van der Waals surface area contributed by atoms with Crippen LogP contribution in [-0.2, 0) is 4.43 Å². The van der Waals surface area contributed by atoms with Gasteiger partial charge in [0.05, 0.1) is 0 Å². The first-order valence-electron chi connectivity index (χ1n) is 12.1. The maximum atomic E-state index is 9.31. The summed E-state index contributed by atoms with van der Waals surface area (Å²) in [6.07, 6.45) is 4.42. The zero-order valence-corrected chi connectivity index (χ0v) is 22.3. The molecule has 3 heteroatoms. The standard InChI is InChI=1S/C29H44O2Si/c1-23(19-25(3)21-30)18-24(2)20-26(4)22-31-32(29(5,6)7,27-14-10-8-11-15-27)28-16-12-9-13-17-28/h8-17,19,24-26,30H,18,20-22H2,1-7H3/b23-19-/t24-,25-,26-/m0/s1. The Morgan fingerprint density at radius 2 is 1.41 bits per heavy atom. The van der Waals surface area contributed by atoms with Gasteiger partial charge in [-0.1, -0.05) is 114 Å². The lowest BCUT2D eigenvalue weighted by Crippen LogP contribution is -2.66. The second-order valence-electron chi connectivity index (χ2n) is 10.8. The van der Waals surface area contributed by atoms with E-state index in [0.717, 1.165) is 19.4 Å². The monoisotopic (exact) mass is 452 g/mol. The number of allylic oxidation sites excluding steroid dienone is 1. The molecule has 32 heavy (non-hydrogen) atoms. The molecule has 0 saturated heterocycles. The molecule has 0 bridgehead atoms. The van der Waals surface area contributed by atoms with Crippen molar-refractivity contribution in [2.75, 3.05) is 13.2 Å². The summed E-state index contributed by atoms with van der Waals surface area (Å²) in [5.74, 6) is 1.31. The highest BCUT2D eigenvalue weighted by Gasteiger charge is 2.50. The minimum absolute atomic E-state index is 0.0147. The van der Waals surface area contributed by atoms with Crippen LogP contribution in [0, 0.1) is 17.8 Å². The summed E-state index contributed by atoms with van der Waals surface area (Å²) in [7, 11) is -2.46. The first-order chi connectivity index (χ1) is 15.1. The highest BCUT2D eigenvalue weighted by Crippen LogP contribution is 2.37. The zero-order chi connectivity index (χ0) is 23.8. The topological polar surface area (TPSA) is 29.5 Å². The lowest BCUT2D eigenvalue weighted by atomic mass is 9.91. The van der Waals surface area contributed by atoms with Gasteiger partial charge in [0.25, 0.3) is 8.32 Å². The Morgan fingerprint density at radius 1 is 0.906 bits per heavy atom. The highest BCUT2D eigenvalue weighted by atomic mass is 28.4. The van der Waals surface area contributed by atoms with Gasteiger partial charge in [-0.3, -0.25) is 0 Å². The van der Waals surface area contributed by atoms with Gasteiger partial charge in [-0.05, 0) is 52.9 Å². The van der Waals surface area contributed by atoms with Gasteiger partial charge in [0.1, 0.15) is 0 Å². The molecular weight excluding hydrogens is 408 g/mol. The molecule has 3 atom stereocenters. The number of hydrogen-bond donors (Lipinski definition) is 1. The molecule has 2 nitrogen and oxygen atoms in total. The minimum Gasteiger partial charge on any atom is -0.407 e. The Balaban J connectivity index is 2.22. The van der Waals surface area contributed by atoms with Crippen molar-refractivity contribution in [3.05, 3.63) is 72.3 Å². The number of hydrogen-bond acceptors (Lipinski definition) is 2. The smallest absolute Gasteiger partial charge is 0.261 e. The van der Waals surface area contributed by atoms with E-state index >= 15 is 0 Å². The number of aliphatic hydroxyl groups excluding tert-OH is 1. The summed E-state index contributed by atoms with van der Waals surface area (Å²) < 4.78 is 7.11. The zero-order valence-electron chi connectivity index (χ0n) is 21.3. The Kier molecular flexibility index (Phi) is 9.94. The first kappa shape index (κ1) is 26.6. The molecule has 1 N–H and O–H groups in total. The Hall–Kier alpha value is -1.68. The van der Waals surface area contributed by atoms with Crippen LogP contribution in [0.3, 0.4) is 0 Å². The summed E-state index contributed by atoms with van der Waals surface area (Å²) in [5, 5.41) is 12.0. The molecule has 2 aromatic rings. The third-order valence-corrected chi connectivity index (χ3v) is 11.3. The molecule has 0 aliphatic heterocycles. The van der Waals surface area contributed by atoms with Gasteiger partial charge in [0.15, 0.2) is 0 Å². The van der Waals surface area contributed by atoms with E-state index in [9.17, 15) is 5.11 Å². The van der Waals surface area contributed by atoms with Crippen LogP contribution in [0.5, 0.6) is 0 Å². The van der Waals surface area contributed by atoms with Gasteiger partial charge in [-0.15, -0.1) is 0 Å². The maximum absolute atomic E-state index is 9.31. The summed E-state index contributed by atoms with van der Waals surface area (Å²) >= 11 is 0. The van der Waals surface area contributed by atoms with E-state index in [1.165, 1.54) is 15.9 Å². The van der Waals surface area contributed by atoms with Crippen LogP contribution in [0.25, 0.3) is 0 Å². The second-order valence-corrected chi connectivity index (χ2v) is 15.1. The van der Waals surface area contributed by atoms with E-state index < -0.39 is 8.32 Å². The lowest BCUT2D eigenvalue weighted by Gasteiger charge is -2.43. The largest absolute Gasteiger partial charge is 0.407 e. The number of benzene rings is 2. The van der Waals surface area contributed by atoms with Gasteiger partial charge in [-0.25, -0.2) is 0 Å². The molecule has 0 aliphatic rings. The van der Waals surface area contributed by atoms with Crippen LogP contribution in [0.1, 0.15) is 61.3 Å². The van der Waals surface area contributed by atoms with Crippen molar-refractivity contribution in [1.82, 2.24) is 0 Å².